The Morgan fingerprint density at radius 3 is 1.75 bits per heavy atom. The van der Waals surface area contributed by atoms with Gasteiger partial charge in [-0.25, -0.2) is 9.59 Å². The summed E-state index contributed by atoms with van der Waals surface area (Å²) in [6.45, 7) is 3.10. The zero-order chi connectivity index (χ0) is 15.7. The van der Waals surface area contributed by atoms with Gasteiger partial charge in [0.25, 0.3) is 10.1 Å². The number of carbonyl (C=O) groups is 2. The fourth-order valence-corrected chi connectivity index (χ4v) is 1.97. The van der Waals surface area contributed by atoms with Gasteiger partial charge in [-0.1, -0.05) is 0 Å². The largest absolute Gasteiger partial charge is 0.489 e. The van der Waals surface area contributed by atoms with Crippen molar-refractivity contribution in [3.8, 4) is 5.75 Å². The van der Waals surface area contributed by atoms with Crippen LogP contribution in [-0.2, 0) is 10.1 Å². The van der Waals surface area contributed by atoms with Crippen molar-refractivity contribution in [3.63, 3.8) is 0 Å². The first-order valence-electron chi connectivity index (χ1n) is 5.32. The smallest absolute Gasteiger partial charge is 0.339 e. The molecule has 0 aliphatic carbocycles. The highest BCUT2D eigenvalue weighted by Crippen LogP contribution is 2.29. The monoisotopic (exact) mass is 304 g/mol. The molecule has 0 aliphatic heterocycles. The maximum Gasteiger partial charge on any atom is 0.339 e. The molecular weight excluding hydrogens is 292 g/mol. The molecule has 0 amide bonds. The average Bonchev–Trinajstić information content (AvgIpc) is 2.25. The van der Waals surface area contributed by atoms with Crippen molar-refractivity contribution in [1.82, 2.24) is 0 Å². The lowest BCUT2D eigenvalue weighted by molar-refractivity contribution is 0.0684. The number of ether oxygens (including phenoxy) is 1. The van der Waals surface area contributed by atoms with Crippen molar-refractivity contribution in [1.29, 1.82) is 0 Å². The van der Waals surface area contributed by atoms with Crippen molar-refractivity contribution in [3.05, 3.63) is 23.3 Å². The van der Waals surface area contributed by atoms with E-state index in [9.17, 15) is 18.0 Å². The van der Waals surface area contributed by atoms with E-state index in [-0.39, 0.29) is 0 Å². The van der Waals surface area contributed by atoms with Crippen molar-refractivity contribution in [2.24, 2.45) is 0 Å². The molecule has 0 aromatic heterocycles. The van der Waals surface area contributed by atoms with Crippen LogP contribution in [0.15, 0.2) is 17.0 Å². The third-order valence-electron chi connectivity index (χ3n) is 2.17. The predicted octanol–water partition coefficient (Wildman–Crippen LogP) is 1.12. The Morgan fingerprint density at radius 2 is 1.50 bits per heavy atom. The van der Waals surface area contributed by atoms with Crippen LogP contribution >= 0.6 is 0 Å². The Labute approximate surface area is 114 Å². The van der Waals surface area contributed by atoms with E-state index in [1.807, 2.05) is 0 Å². The minimum Gasteiger partial charge on any atom is -0.489 e. The molecule has 1 aromatic rings. The molecule has 0 radical (unpaired) electrons. The molecule has 0 atom stereocenters. The molecule has 8 nitrogen and oxygen atoms in total. The molecule has 110 valence electrons. The first-order valence-corrected chi connectivity index (χ1v) is 6.76. The molecule has 0 fully saturated rings. The van der Waals surface area contributed by atoms with Gasteiger partial charge in [-0.15, -0.1) is 0 Å². The normalized spacial score (nSPS) is 11.4. The Hall–Kier alpha value is -2.13. The third-order valence-corrected chi connectivity index (χ3v) is 3.01. The fourth-order valence-electron chi connectivity index (χ4n) is 1.43. The van der Waals surface area contributed by atoms with Crippen LogP contribution in [0.3, 0.4) is 0 Å². The number of carboxylic acid groups (broad SMARTS) is 2. The van der Waals surface area contributed by atoms with Gasteiger partial charge in [-0.05, 0) is 26.0 Å². The zero-order valence-corrected chi connectivity index (χ0v) is 11.3. The van der Waals surface area contributed by atoms with Crippen molar-refractivity contribution in [2.75, 3.05) is 0 Å². The second kappa shape index (κ2) is 5.47. The molecule has 20 heavy (non-hydrogen) atoms. The summed E-state index contributed by atoms with van der Waals surface area (Å²) in [7, 11) is -4.74. The Bertz CT molecular complexity index is 624. The highest BCUT2D eigenvalue weighted by atomic mass is 32.2. The van der Waals surface area contributed by atoms with Gasteiger partial charge >= 0.3 is 11.9 Å². The SMILES string of the molecule is CC(C)Oc1c(C(=O)O)cc(S(=O)(=O)O)cc1C(=O)O. The predicted molar refractivity (Wildman–Crippen MR) is 65.9 cm³/mol. The second-order valence-corrected chi connectivity index (χ2v) is 5.52. The molecule has 0 spiro atoms. The molecule has 1 rings (SSSR count). The summed E-state index contributed by atoms with van der Waals surface area (Å²) in [5.74, 6) is -3.62. The van der Waals surface area contributed by atoms with Gasteiger partial charge in [0.05, 0.1) is 11.0 Å². The molecule has 0 heterocycles. The number of aromatic carboxylic acids is 2. The minimum atomic E-state index is -4.74. The van der Waals surface area contributed by atoms with E-state index >= 15 is 0 Å². The molecule has 9 heteroatoms. The topological polar surface area (TPSA) is 138 Å². The average molecular weight is 304 g/mol. The first-order chi connectivity index (χ1) is 9.04. The molecule has 0 unspecified atom stereocenters. The van der Waals surface area contributed by atoms with Gasteiger partial charge in [0.15, 0.2) is 0 Å². The van der Waals surface area contributed by atoms with Crippen LogP contribution in [0.5, 0.6) is 5.75 Å². The molecule has 0 bridgehead atoms. The summed E-state index contributed by atoms with van der Waals surface area (Å²) in [6.07, 6.45) is -0.525. The summed E-state index contributed by atoms with van der Waals surface area (Å²) < 4.78 is 36.1. The second-order valence-electron chi connectivity index (χ2n) is 4.10. The van der Waals surface area contributed by atoms with Crippen LogP contribution in [0.25, 0.3) is 0 Å². The van der Waals surface area contributed by atoms with Crippen molar-refractivity contribution < 1.29 is 37.5 Å². The van der Waals surface area contributed by atoms with E-state index in [0.29, 0.717) is 12.1 Å². The Morgan fingerprint density at radius 1 is 1.10 bits per heavy atom. The van der Waals surface area contributed by atoms with Crippen molar-refractivity contribution in [2.45, 2.75) is 24.8 Å². The summed E-state index contributed by atoms with van der Waals surface area (Å²) >= 11 is 0. The van der Waals surface area contributed by atoms with Crippen LogP contribution in [0.4, 0.5) is 0 Å². The standard InChI is InChI=1S/C11H12O8S/c1-5(2)19-9-7(10(12)13)3-6(20(16,17)18)4-8(9)11(14)15/h3-5H,1-2H3,(H,12,13)(H,14,15)(H,16,17,18). The zero-order valence-electron chi connectivity index (χ0n) is 10.5. The summed E-state index contributed by atoms with van der Waals surface area (Å²) in [5.41, 5.74) is -1.32. The molecule has 0 aliphatic rings. The fraction of sp³-hybridized carbons (Fsp3) is 0.273. The van der Waals surface area contributed by atoms with Gasteiger partial charge in [0.2, 0.25) is 0 Å². The lowest BCUT2D eigenvalue weighted by Crippen LogP contribution is -2.15. The van der Waals surface area contributed by atoms with Gasteiger partial charge in [-0.2, -0.15) is 8.42 Å². The van der Waals surface area contributed by atoms with Gasteiger partial charge in [0.1, 0.15) is 16.9 Å². The van der Waals surface area contributed by atoms with E-state index in [1.54, 1.807) is 13.8 Å². The summed E-state index contributed by atoms with van der Waals surface area (Å²) in [4.78, 5) is 21.4. The van der Waals surface area contributed by atoms with Gasteiger partial charge in [0, 0.05) is 0 Å². The van der Waals surface area contributed by atoms with Crippen molar-refractivity contribution >= 4 is 22.1 Å². The highest BCUT2D eigenvalue weighted by molar-refractivity contribution is 7.85. The van der Waals surface area contributed by atoms with Crippen LogP contribution in [-0.4, -0.2) is 41.2 Å². The van der Waals surface area contributed by atoms with E-state index in [4.69, 9.17) is 19.5 Å². The molecule has 0 saturated carbocycles. The molecular formula is C11H12O8S. The van der Waals surface area contributed by atoms with E-state index < -0.39 is 49.9 Å². The molecule has 3 N–H and O–H groups in total. The van der Waals surface area contributed by atoms with E-state index in [2.05, 4.69) is 0 Å². The van der Waals surface area contributed by atoms with Crippen LogP contribution in [0.1, 0.15) is 34.6 Å². The van der Waals surface area contributed by atoms with E-state index in [0.717, 1.165) is 0 Å². The lowest BCUT2D eigenvalue weighted by atomic mass is 10.1. The maximum atomic E-state index is 11.1. The Kier molecular flexibility index (Phi) is 4.36. The minimum absolute atomic E-state index is 0.465. The van der Waals surface area contributed by atoms with Crippen LogP contribution in [0, 0.1) is 0 Å². The number of rotatable bonds is 5. The molecule has 1 aromatic carbocycles. The first kappa shape index (κ1) is 15.9. The number of carboxylic acids is 2. The van der Waals surface area contributed by atoms with Crippen LogP contribution < -0.4 is 4.74 Å². The maximum absolute atomic E-state index is 11.1. The highest BCUT2D eigenvalue weighted by Gasteiger charge is 2.25. The Balaban J connectivity index is 3.72. The molecule has 0 saturated heterocycles. The van der Waals surface area contributed by atoms with Gasteiger partial charge in [-0.3, -0.25) is 4.55 Å². The van der Waals surface area contributed by atoms with Gasteiger partial charge < -0.3 is 14.9 Å². The van der Waals surface area contributed by atoms with Crippen LogP contribution in [0.2, 0.25) is 0 Å². The summed E-state index contributed by atoms with van der Waals surface area (Å²) in [6, 6.07) is 1.28. The third kappa shape index (κ3) is 3.45. The quantitative estimate of drug-likeness (QED) is 0.688. The summed E-state index contributed by atoms with van der Waals surface area (Å²) in [5, 5.41) is 18.1. The number of hydrogen-bond acceptors (Lipinski definition) is 5. The van der Waals surface area contributed by atoms with E-state index in [1.165, 1.54) is 0 Å². The number of benzene rings is 1. The lowest BCUT2D eigenvalue weighted by Gasteiger charge is -2.15. The number of hydrogen-bond donors (Lipinski definition) is 3.